The number of benzene rings is 1. The van der Waals surface area contributed by atoms with Crippen LogP contribution in [-0.4, -0.2) is 24.3 Å². The van der Waals surface area contributed by atoms with Crippen LogP contribution in [0.3, 0.4) is 0 Å². The normalized spacial score (nSPS) is 11.8. The molecule has 1 heterocycles. The monoisotopic (exact) mass is 325 g/mol. The van der Waals surface area contributed by atoms with Crippen LogP contribution in [0.4, 0.5) is 5.69 Å². The van der Waals surface area contributed by atoms with Crippen LogP contribution in [0, 0.1) is 0 Å². The van der Waals surface area contributed by atoms with E-state index in [1.807, 2.05) is 6.07 Å². The van der Waals surface area contributed by atoms with Crippen molar-refractivity contribution in [3.8, 4) is 0 Å². The van der Waals surface area contributed by atoms with E-state index in [9.17, 15) is 8.42 Å². The molecule has 1 aromatic heterocycles. The van der Waals surface area contributed by atoms with Gasteiger partial charge in [-0.2, -0.15) is 4.31 Å². The van der Waals surface area contributed by atoms with Gasteiger partial charge in [-0.25, -0.2) is 8.42 Å². The smallest absolute Gasteiger partial charge is 0.245 e. The highest BCUT2D eigenvalue weighted by Crippen LogP contribution is 2.26. The molecule has 21 heavy (non-hydrogen) atoms. The Labute approximate surface area is 129 Å². The van der Waals surface area contributed by atoms with Gasteiger partial charge in [-0.15, -0.1) is 0 Å². The van der Waals surface area contributed by atoms with Crippen LogP contribution >= 0.6 is 11.6 Å². The molecular weight excluding hydrogens is 310 g/mol. The zero-order valence-electron chi connectivity index (χ0n) is 11.5. The summed E-state index contributed by atoms with van der Waals surface area (Å²) >= 11 is 5.88. The first kappa shape index (κ1) is 15.8. The van der Waals surface area contributed by atoms with Crippen molar-refractivity contribution in [1.29, 1.82) is 0 Å². The first-order chi connectivity index (χ1) is 9.95. The molecule has 0 spiro atoms. The Hall–Kier alpha value is -1.63. The standard InChI is InChI=1S/C14H16ClN3O2S/c1-2-18(10-12-5-3-4-8-17-12)21(19,20)14-9-11(15)6-7-13(14)16/h3-9H,2,10,16H2,1H3. The van der Waals surface area contributed by atoms with Crippen LogP contribution in [0.2, 0.25) is 5.02 Å². The summed E-state index contributed by atoms with van der Waals surface area (Å²) in [5, 5.41) is 0.330. The van der Waals surface area contributed by atoms with Crippen molar-refractivity contribution in [2.24, 2.45) is 0 Å². The van der Waals surface area contributed by atoms with Crippen molar-refractivity contribution in [3.63, 3.8) is 0 Å². The lowest BCUT2D eigenvalue weighted by Gasteiger charge is -2.21. The van der Waals surface area contributed by atoms with Crippen LogP contribution in [0.25, 0.3) is 0 Å². The summed E-state index contributed by atoms with van der Waals surface area (Å²) in [5.74, 6) is 0. The average molecular weight is 326 g/mol. The fourth-order valence-corrected chi connectivity index (χ4v) is 3.71. The Morgan fingerprint density at radius 2 is 2.05 bits per heavy atom. The number of anilines is 1. The van der Waals surface area contributed by atoms with E-state index in [4.69, 9.17) is 17.3 Å². The molecule has 2 N–H and O–H groups in total. The molecule has 0 saturated heterocycles. The Balaban J connectivity index is 2.38. The predicted molar refractivity (Wildman–Crippen MR) is 83.4 cm³/mol. The number of pyridine rings is 1. The van der Waals surface area contributed by atoms with Gasteiger partial charge in [0.05, 0.1) is 17.9 Å². The van der Waals surface area contributed by atoms with Gasteiger partial charge in [0.15, 0.2) is 0 Å². The fourth-order valence-electron chi connectivity index (χ4n) is 1.91. The molecule has 7 heteroatoms. The summed E-state index contributed by atoms with van der Waals surface area (Å²) < 4.78 is 26.7. The Morgan fingerprint density at radius 3 is 2.67 bits per heavy atom. The Kier molecular flexibility index (Phi) is 4.82. The van der Waals surface area contributed by atoms with E-state index >= 15 is 0 Å². The minimum absolute atomic E-state index is 0.0211. The third-order valence-corrected chi connectivity index (χ3v) is 5.22. The lowest BCUT2D eigenvalue weighted by molar-refractivity contribution is 0.419. The summed E-state index contributed by atoms with van der Waals surface area (Å²) in [7, 11) is -3.72. The summed E-state index contributed by atoms with van der Waals surface area (Å²) in [6, 6.07) is 9.79. The van der Waals surface area contributed by atoms with E-state index in [-0.39, 0.29) is 17.1 Å². The molecular formula is C14H16ClN3O2S. The number of sulfonamides is 1. The predicted octanol–water partition coefficient (Wildman–Crippen LogP) is 2.53. The molecule has 0 fully saturated rings. The molecule has 0 aliphatic carbocycles. The lowest BCUT2D eigenvalue weighted by atomic mass is 10.3. The van der Waals surface area contributed by atoms with Gasteiger partial charge >= 0.3 is 0 Å². The molecule has 5 nitrogen and oxygen atoms in total. The van der Waals surface area contributed by atoms with E-state index in [0.717, 1.165) is 0 Å². The zero-order chi connectivity index (χ0) is 15.5. The number of nitrogen functional groups attached to an aromatic ring is 1. The van der Waals surface area contributed by atoms with E-state index < -0.39 is 10.0 Å². The second-order valence-electron chi connectivity index (χ2n) is 4.43. The first-order valence-corrected chi connectivity index (χ1v) is 8.22. The molecule has 0 unspecified atom stereocenters. The highest BCUT2D eigenvalue weighted by atomic mass is 35.5. The van der Waals surface area contributed by atoms with Crippen molar-refractivity contribution < 1.29 is 8.42 Å². The van der Waals surface area contributed by atoms with Crippen LogP contribution < -0.4 is 5.73 Å². The van der Waals surface area contributed by atoms with Gasteiger partial charge in [0.1, 0.15) is 4.90 Å². The van der Waals surface area contributed by atoms with Crippen molar-refractivity contribution >= 4 is 27.3 Å². The second kappa shape index (κ2) is 6.43. The topological polar surface area (TPSA) is 76.3 Å². The van der Waals surface area contributed by atoms with Crippen LogP contribution in [0.15, 0.2) is 47.5 Å². The Morgan fingerprint density at radius 1 is 1.29 bits per heavy atom. The maximum atomic E-state index is 12.7. The summed E-state index contributed by atoms with van der Waals surface area (Å²) in [6.07, 6.45) is 1.63. The fraction of sp³-hybridized carbons (Fsp3) is 0.214. The molecule has 1 aromatic carbocycles. The average Bonchev–Trinajstić information content (AvgIpc) is 2.48. The molecule has 0 aliphatic rings. The van der Waals surface area contributed by atoms with Gasteiger partial charge in [0.25, 0.3) is 0 Å². The molecule has 0 radical (unpaired) electrons. The van der Waals surface area contributed by atoms with E-state index in [2.05, 4.69) is 4.98 Å². The Bertz CT molecular complexity index is 720. The van der Waals surface area contributed by atoms with Crippen LogP contribution in [-0.2, 0) is 16.6 Å². The van der Waals surface area contributed by atoms with E-state index in [0.29, 0.717) is 17.3 Å². The van der Waals surface area contributed by atoms with Gasteiger partial charge in [-0.05, 0) is 30.3 Å². The van der Waals surface area contributed by atoms with Crippen molar-refractivity contribution in [3.05, 3.63) is 53.3 Å². The third-order valence-electron chi connectivity index (χ3n) is 3.01. The molecule has 0 amide bonds. The number of aromatic nitrogens is 1. The number of hydrogen-bond donors (Lipinski definition) is 1. The molecule has 112 valence electrons. The SMILES string of the molecule is CCN(Cc1ccccn1)S(=O)(=O)c1cc(Cl)ccc1N. The van der Waals surface area contributed by atoms with E-state index in [1.165, 1.54) is 16.4 Å². The number of hydrogen-bond acceptors (Lipinski definition) is 4. The van der Waals surface area contributed by atoms with Crippen molar-refractivity contribution in [2.45, 2.75) is 18.4 Å². The maximum absolute atomic E-state index is 12.7. The zero-order valence-corrected chi connectivity index (χ0v) is 13.1. The number of halogens is 1. The van der Waals surface area contributed by atoms with Crippen molar-refractivity contribution in [1.82, 2.24) is 9.29 Å². The van der Waals surface area contributed by atoms with Gasteiger partial charge < -0.3 is 5.73 Å². The molecule has 0 bridgehead atoms. The summed E-state index contributed by atoms with van der Waals surface area (Å²) in [4.78, 5) is 4.17. The number of nitrogens with zero attached hydrogens (tertiary/aromatic N) is 2. The van der Waals surface area contributed by atoms with Gasteiger partial charge in [0, 0.05) is 17.8 Å². The molecule has 2 rings (SSSR count). The molecule has 0 saturated carbocycles. The highest BCUT2D eigenvalue weighted by Gasteiger charge is 2.26. The quantitative estimate of drug-likeness (QED) is 0.857. The van der Waals surface area contributed by atoms with Gasteiger partial charge in [-0.3, -0.25) is 4.98 Å². The van der Waals surface area contributed by atoms with Crippen LogP contribution in [0.1, 0.15) is 12.6 Å². The first-order valence-electron chi connectivity index (χ1n) is 6.40. The van der Waals surface area contributed by atoms with Gasteiger partial charge in [0.2, 0.25) is 10.0 Å². The third kappa shape index (κ3) is 3.53. The van der Waals surface area contributed by atoms with Crippen molar-refractivity contribution in [2.75, 3.05) is 12.3 Å². The van der Waals surface area contributed by atoms with Gasteiger partial charge in [-0.1, -0.05) is 24.6 Å². The summed E-state index contributed by atoms with van der Waals surface area (Å²) in [5.41, 5.74) is 6.63. The molecule has 2 aromatic rings. The maximum Gasteiger partial charge on any atom is 0.245 e. The lowest BCUT2D eigenvalue weighted by Crippen LogP contribution is -2.31. The molecule has 0 aliphatic heterocycles. The minimum Gasteiger partial charge on any atom is -0.398 e. The van der Waals surface area contributed by atoms with Crippen LogP contribution in [0.5, 0.6) is 0 Å². The number of nitrogens with two attached hydrogens (primary N) is 1. The second-order valence-corrected chi connectivity index (χ2v) is 6.78. The molecule has 0 atom stereocenters. The largest absolute Gasteiger partial charge is 0.398 e. The number of rotatable bonds is 5. The summed E-state index contributed by atoms with van der Waals surface area (Å²) in [6.45, 7) is 2.26. The highest BCUT2D eigenvalue weighted by molar-refractivity contribution is 7.89. The minimum atomic E-state index is -3.72. The van der Waals surface area contributed by atoms with E-state index in [1.54, 1.807) is 31.3 Å².